The Hall–Kier alpha value is -3.55. The normalized spacial score (nSPS) is 13.1. The molecule has 0 aliphatic carbocycles. The van der Waals surface area contributed by atoms with Crippen molar-refractivity contribution >= 4 is 21.9 Å². The van der Waals surface area contributed by atoms with Crippen LogP contribution >= 0.6 is 0 Å². The molecule has 0 fully saturated rings. The third kappa shape index (κ3) is 9.08. The lowest BCUT2D eigenvalue weighted by Gasteiger charge is -2.25. The summed E-state index contributed by atoms with van der Waals surface area (Å²) in [4.78, 5) is 16.7. The summed E-state index contributed by atoms with van der Waals surface area (Å²) >= 11 is 0. The van der Waals surface area contributed by atoms with Gasteiger partial charge in [-0.2, -0.15) is 4.98 Å². The molecule has 0 saturated carbocycles. The van der Waals surface area contributed by atoms with E-state index in [2.05, 4.69) is 20.3 Å². The molecule has 2 aromatic carbocycles. The predicted molar refractivity (Wildman–Crippen MR) is 136 cm³/mol. The van der Waals surface area contributed by atoms with Crippen LogP contribution < -0.4 is 20.1 Å². The summed E-state index contributed by atoms with van der Waals surface area (Å²) < 4.78 is 63.2. The fourth-order valence-corrected chi connectivity index (χ4v) is 4.12. The van der Waals surface area contributed by atoms with Gasteiger partial charge in [-0.15, -0.1) is 0 Å². The smallest absolute Gasteiger partial charge is 0.308 e. The molecule has 1 amide bonds. The highest BCUT2D eigenvalue weighted by Gasteiger charge is 2.23. The van der Waals surface area contributed by atoms with E-state index in [-0.39, 0.29) is 42.4 Å². The first-order valence-electron chi connectivity index (χ1n) is 11.8. The van der Waals surface area contributed by atoms with E-state index >= 15 is 0 Å². The number of aliphatic hydroxyl groups is 1. The molecular weight excluding hydrogens is 522 g/mol. The highest BCUT2D eigenvalue weighted by Crippen LogP contribution is 2.15. The second kappa shape index (κ2) is 13.3. The fourth-order valence-electron chi connectivity index (χ4n) is 3.62. The maximum absolute atomic E-state index is 13.7. The molecule has 3 aromatic rings. The molecule has 38 heavy (non-hydrogen) atoms. The van der Waals surface area contributed by atoms with E-state index in [0.29, 0.717) is 12.3 Å². The number of carbonyl (C=O) groups is 1. The van der Waals surface area contributed by atoms with Crippen LogP contribution in [0.5, 0.6) is 5.75 Å². The van der Waals surface area contributed by atoms with E-state index in [1.165, 1.54) is 6.92 Å². The predicted octanol–water partition coefficient (Wildman–Crippen LogP) is 2.14. The molecule has 2 atom stereocenters. The number of oxazole rings is 1. The molecule has 0 spiro atoms. The molecule has 0 radical (unpaired) electrons. The maximum atomic E-state index is 13.7. The number of anilines is 1. The number of carbonyl (C=O) groups excluding carboxylic acids is 1. The number of aromatic nitrogens is 1. The highest BCUT2D eigenvalue weighted by atomic mass is 32.2. The lowest BCUT2D eigenvalue weighted by atomic mass is 10.00. The van der Waals surface area contributed by atoms with E-state index in [1.807, 2.05) is 18.2 Å². The van der Waals surface area contributed by atoms with Crippen molar-refractivity contribution < 1.29 is 36.3 Å². The second-order valence-corrected chi connectivity index (χ2v) is 10.5. The van der Waals surface area contributed by atoms with Crippen LogP contribution in [0.4, 0.5) is 14.8 Å². The van der Waals surface area contributed by atoms with E-state index in [9.17, 15) is 27.1 Å². The van der Waals surface area contributed by atoms with Gasteiger partial charge < -0.3 is 24.9 Å². The SMILES string of the molecule is CCS(=O)(=O)Nc1nc(CC(=O)N[C@@H](Cc2cc(F)cc(F)c2)[C@H](O)CNCc2cccc(OC)c2)co1. The van der Waals surface area contributed by atoms with Gasteiger partial charge in [0.25, 0.3) is 0 Å². The number of nitrogens with one attached hydrogen (secondary N) is 3. The maximum Gasteiger partial charge on any atom is 0.308 e. The zero-order chi connectivity index (χ0) is 27.7. The van der Waals surface area contributed by atoms with Crippen LogP contribution in [0.1, 0.15) is 23.7 Å². The number of benzene rings is 2. The van der Waals surface area contributed by atoms with E-state index in [4.69, 9.17) is 9.15 Å². The molecule has 0 aliphatic rings. The third-order valence-electron chi connectivity index (χ3n) is 5.52. The van der Waals surface area contributed by atoms with Crippen molar-refractivity contribution in [1.82, 2.24) is 15.6 Å². The molecule has 4 N–H and O–H groups in total. The Morgan fingerprint density at radius 1 is 1.16 bits per heavy atom. The van der Waals surface area contributed by atoms with Crippen LogP contribution in [0.25, 0.3) is 0 Å². The number of nitrogens with zero attached hydrogens (tertiary/aromatic N) is 1. The Kier molecular flexibility index (Phi) is 10.2. The summed E-state index contributed by atoms with van der Waals surface area (Å²) in [5, 5.41) is 16.6. The summed E-state index contributed by atoms with van der Waals surface area (Å²) in [6.07, 6.45) is -0.325. The van der Waals surface area contributed by atoms with E-state index in [0.717, 1.165) is 30.0 Å². The molecule has 206 valence electrons. The Morgan fingerprint density at radius 3 is 2.58 bits per heavy atom. The zero-order valence-corrected chi connectivity index (χ0v) is 21.7. The van der Waals surface area contributed by atoms with Crippen LogP contribution in [0.3, 0.4) is 0 Å². The molecule has 0 bridgehead atoms. The number of rotatable bonds is 14. The van der Waals surface area contributed by atoms with Crippen LogP contribution in [-0.4, -0.2) is 56.0 Å². The Balaban J connectivity index is 1.66. The summed E-state index contributed by atoms with van der Waals surface area (Å²) in [5.74, 6) is -1.61. The van der Waals surface area contributed by atoms with Crippen molar-refractivity contribution in [1.29, 1.82) is 0 Å². The van der Waals surface area contributed by atoms with Gasteiger partial charge in [0.15, 0.2) is 0 Å². The first kappa shape index (κ1) is 29.0. The number of ether oxygens (including phenoxy) is 1. The average molecular weight is 553 g/mol. The topological polar surface area (TPSA) is 143 Å². The van der Waals surface area contributed by atoms with E-state index in [1.54, 1.807) is 13.2 Å². The number of hydrogen-bond donors (Lipinski definition) is 4. The largest absolute Gasteiger partial charge is 0.497 e. The highest BCUT2D eigenvalue weighted by molar-refractivity contribution is 7.92. The van der Waals surface area contributed by atoms with Gasteiger partial charge >= 0.3 is 6.01 Å². The monoisotopic (exact) mass is 552 g/mol. The minimum atomic E-state index is -3.61. The van der Waals surface area contributed by atoms with Crippen LogP contribution in [-0.2, 0) is 34.2 Å². The molecule has 1 aromatic heterocycles. The molecule has 3 rings (SSSR count). The van der Waals surface area contributed by atoms with Crippen LogP contribution in [0.2, 0.25) is 0 Å². The van der Waals surface area contributed by atoms with Crippen molar-refractivity contribution in [3.05, 3.63) is 77.2 Å². The first-order valence-corrected chi connectivity index (χ1v) is 13.4. The van der Waals surface area contributed by atoms with Gasteiger partial charge in [0.2, 0.25) is 15.9 Å². The van der Waals surface area contributed by atoms with Crippen molar-refractivity contribution in [2.75, 3.05) is 24.1 Å². The number of aliphatic hydroxyl groups excluding tert-OH is 1. The van der Waals surface area contributed by atoms with Gasteiger partial charge in [-0.1, -0.05) is 12.1 Å². The number of amides is 1. The van der Waals surface area contributed by atoms with Crippen molar-refractivity contribution in [3.63, 3.8) is 0 Å². The van der Waals surface area contributed by atoms with Crippen molar-refractivity contribution in [2.45, 2.75) is 38.5 Å². The molecule has 1 heterocycles. The van der Waals surface area contributed by atoms with E-state index < -0.39 is 39.7 Å². The first-order chi connectivity index (χ1) is 18.1. The van der Waals surface area contributed by atoms with Gasteiger partial charge in [-0.25, -0.2) is 21.9 Å². The number of halogens is 2. The molecule has 10 nitrogen and oxygen atoms in total. The number of methoxy groups -OCH3 is 1. The summed E-state index contributed by atoms with van der Waals surface area (Å²) in [6, 6.07) is 9.15. The Bertz CT molecular complexity index is 1310. The lowest BCUT2D eigenvalue weighted by Crippen LogP contribution is -2.49. The van der Waals surface area contributed by atoms with Gasteiger partial charge in [0.1, 0.15) is 23.6 Å². The summed E-state index contributed by atoms with van der Waals surface area (Å²) in [5.41, 5.74) is 1.31. The molecule has 13 heteroatoms. The second-order valence-electron chi connectivity index (χ2n) is 8.53. The van der Waals surface area contributed by atoms with Gasteiger partial charge in [0, 0.05) is 19.2 Å². The fraction of sp³-hybridized carbons (Fsp3) is 0.360. The van der Waals surface area contributed by atoms with Gasteiger partial charge in [-0.3, -0.25) is 4.79 Å². The van der Waals surface area contributed by atoms with Gasteiger partial charge in [-0.05, 0) is 48.7 Å². The third-order valence-corrected chi connectivity index (χ3v) is 6.77. The Morgan fingerprint density at radius 2 is 1.89 bits per heavy atom. The van der Waals surface area contributed by atoms with Crippen molar-refractivity contribution in [2.24, 2.45) is 0 Å². The lowest BCUT2D eigenvalue weighted by molar-refractivity contribution is -0.122. The number of hydrogen-bond acceptors (Lipinski definition) is 8. The number of sulfonamides is 1. The molecule has 0 unspecified atom stereocenters. The van der Waals surface area contributed by atoms with Crippen molar-refractivity contribution in [3.8, 4) is 5.75 Å². The summed E-state index contributed by atoms with van der Waals surface area (Å²) in [6.45, 7) is 1.91. The van der Waals surface area contributed by atoms with Crippen LogP contribution in [0, 0.1) is 11.6 Å². The average Bonchev–Trinajstić information content (AvgIpc) is 3.28. The molecule has 0 saturated heterocycles. The minimum absolute atomic E-state index is 0.0528. The molecule has 0 aliphatic heterocycles. The minimum Gasteiger partial charge on any atom is -0.497 e. The zero-order valence-electron chi connectivity index (χ0n) is 20.9. The molecular formula is C25H30F2N4O6S. The Labute approximate surface area is 219 Å². The summed E-state index contributed by atoms with van der Waals surface area (Å²) in [7, 11) is -2.05. The van der Waals surface area contributed by atoms with Gasteiger partial charge in [0.05, 0.1) is 37.1 Å². The standard InChI is InChI=1S/C25H30F2N4O6S/c1-3-38(34,35)31-25-29-20(15-37-25)12-24(33)30-22(10-17-7-18(26)11-19(27)8-17)23(32)14-28-13-16-5-4-6-21(9-16)36-2/h4-9,11,15,22-23,28,32H,3,10,12-14H2,1-2H3,(H,29,31)(H,30,33)/t22-,23+/m0/s1. The van der Waals surface area contributed by atoms with Crippen LogP contribution in [0.15, 0.2) is 53.1 Å². The quantitative estimate of drug-likeness (QED) is 0.238.